The molecule has 6 aromatic rings. The summed E-state index contributed by atoms with van der Waals surface area (Å²) in [7, 11) is 4.26. The number of aryl methyl sites for hydroxylation is 3. The average molecular weight is 1180 g/mol. The Kier molecular flexibility index (Phi) is 28.1. The second kappa shape index (κ2) is 34.5. The number of hydrogen-bond acceptors (Lipinski definition) is 12. The Morgan fingerprint density at radius 3 is 0.747 bits per heavy atom. The smallest absolute Gasteiger partial charge is 0.336 e. The third-order valence-corrected chi connectivity index (χ3v) is 15.3. The van der Waals surface area contributed by atoms with Gasteiger partial charge in [0.15, 0.2) is 0 Å². The molecule has 3 unspecified atom stereocenters. The molecule has 12 nitrogen and oxygen atoms in total. The van der Waals surface area contributed by atoms with E-state index in [1.54, 1.807) is 54.6 Å². The first-order valence-electron chi connectivity index (χ1n) is 29.6. The number of carbonyl (C=O) groups excluding carboxylic acids is 6. The number of methoxy groups -OCH3 is 3. The molecule has 6 aromatic carbocycles. The van der Waals surface area contributed by atoms with Crippen LogP contribution in [0.2, 0.25) is 0 Å². The Morgan fingerprint density at radius 1 is 0.345 bits per heavy atom. The van der Waals surface area contributed by atoms with Gasteiger partial charge in [-0.15, -0.1) is 0 Å². The number of esters is 6. The van der Waals surface area contributed by atoms with Crippen molar-refractivity contribution in [3.63, 3.8) is 0 Å². The maximum absolute atomic E-state index is 12.0. The molecule has 12 heteroatoms. The van der Waals surface area contributed by atoms with Gasteiger partial charge in [-0.2, -0.15) is 0 Å². The summed E-state index contributed by atoms with van der Waals surface area (Å²) >= 11 is 0. The molecule has 87 heavy (non-hydrogen) atoms. The van der Waals surface area contributed by atoms with E-state index in [0.717, 1.165) is 71.9 Å². The molecule has 0 bridgehead atoms. The molecule has 0 aromatic heterocycles. The van der Waals surface area contributed by atoms with Gasteiger partial charge in [0.2, 0.25) is 0 Å². The zero-order valence-corrected chi connectivity index (χ0v) is 53.7. The van der Waals surface area contributed by atoms with Crippen molar-refractivity contribution in [1.29, 1.82) is 0 Å². The number of rotatable bonds is 24. The summed E-state index contributed by atoms with van der Waals surface area (Å²) in [4.78, 5) is 71.5. The third kappa shape index (κ3) is 25.1. The molecule has 0 aliphatic heterocycles. The topological polar surface area (TPSA) is 158 Å². The van der Waals surface area contributed by atoms with Crippen molar-refractivity contribution in [2.75, 3.05) is 21.3 Å². The van der Waals surface area contributed by atoms with Crippen molar-refractivity contribution in [1.82, 2.24) is 0 Å². The number of hydrogen-bond donors (Lipinski definition) is 0. The summed E-state index contributed by atoms with van der Waals surface area (Å²) in [6.07, 6.45) is 14.3. The Balaban J connectivity index is 0.000000279. The zero-order chi connectivity index (χ0) is 64.3. The highest BCUT2D eigenvalue weighted by atomic mass is 16.5. The molecule has 0 radical (unpaired) electrons. The molecule has 0 aliphatic rings. The molecule has 0 fully saturated rings. The van der Waals surface area contributed by atoms with Crippen LogP contribution < -0.4 is 14.2 Å². The van der Waals surface area contributed by atoms with Gasteiger partial charge in [-0.25, -0.2) is 14.4 Å². The van der Waals surface area contributed by atoms with E-state index in [4.69, 9.17) is 28.4 Å². The third-order valence-electron chi connectivity index (χ3n) is 15.3. The minimum absolute atomic E-state index is 0.189. The fourth-order valence-electron chi connectivity index (χ4n) is 8.94. The summed E-state index contributed by atoms with van der Waals surface area (Å²) in [5, 5.41) is 0. The van der Waals surface area contributed by atoms with Crippen LogP contribution in [0, 0.1) is 37.0 Å². The Morgan fingerprint density at radius 2 is 0.552 bits per heavy atom. The molecule has 3 atom stereocenters. The fourth-order valence-corrected chi connectivity index (χ4v) is 8.94. The normalized spacial score (nSPS) is 12.6. The predicted octanol–water partition coefficient (Wildman–Crippen LogP) is 17.1. The summed E-state index contributed by atoms with van der Waals surface area (Å²) in [5.74, 6) is 0.573. The van der Waals surface area contributed by atoms with E-state index < -0.39 is 34.2 Å². The fraction of sp³-hybridized carbons (Fsp3) is 0.360. The summed E-state index contributed by atoms with van der Waals surface area (Å²) in [5.41, 5.74) is 8.30. The molecule has 0 N–H and O–H groups in total. The second-order valence-electron chi connectivity index (χ2n) is 24.1. The number of carbonyl (C=O) groups is 6. The van der Waals surface area contributed by atoms with Crippen LogP contribution in [-0.4, -0.2) is 57.1 Å². The molecule has 0 spiro atoms. The summed E-state index contributed by atoms with van der Waals surface area (Å²) in [6.45, 7) is 23.8. The molecule has 0 saturated carbocycles. The lowest BCUT2D eigenvalue weighted by Gasteiger charge is -2.23. The molecule has 462 valence electrons. The van der Waals surface area contributed by atoms with E-state index in [0.29, 0.717) is 17.2 Å². The first-order chi connectivity index (χ1) is 41.1. The lowest BCUT2D eigenvalue weighted by atomic mass is 9.83. The Hall–Kier alpha value is -8.64. The van der Waals surface area contributed by atoms with Gasteiger partial charge < -0.3 is 28.4 Å². The first-order valence-corrected chi connectivity index (χ1v) is 29.6. The van der Waals surface area contributed by atoms with Crippen LogP contribution in [0.5, 0.6) is 17.2 Å². The first kappa shape index (κ1) is 70.8. The Bertz CT molecular complexity index is 2890. The lowest BCUT2D eigenvalue weighted by molar-refractivity contribution is -0.151. The van der Waals surface area contributed by atoms with Crippen LogP contribution in [-0.2, 0) is 43.0 Å². The van der Waals surface area contributed by atoms with Crippen LogP contribution in [0.4, 0.5) is 0 Å². The molecule has 0 heterocycles. The average Bonchev–Trinajstić information content (AvgIpc) is 3.72. The molecule has 0 aliphatic carbocycles. The van der Waals surface area contributed by atoms with Gasteiger partial charge in [0.1, 0.15) is 17.2 Å². The monoisotopic (exact) mass is 1180 g/mol. The van der Waals surface area contributed by atoms with Crippen LogP contribution in [0.25, 0.3) is 18.2 Å². The van der Waals surface area contributed by atoms with Crippen LogP contribution >= 0.6 is 0 Å². The van der Waals surface area contributed by atoms with Crippen LogP contribution in [0.15, 0.2) is 164 Å². The van der Waals surface area contributed by atoms with Crippen molar-refractivity contribution >= 4 is 54.0 Å². The standard InChI is InChI=1S/3C25H30O4/c3*1-18-6-8-20(9-7-18)10-15-23(26)29-22-13-11-21(12-14-22)19(2)16-17-25(3,4)24(27)28-5/h3*6-15,19H,16-17H2,1-5H3/b3*15-10+. The molecule has 0 saturated heterocycles. The highest BCUT2D eigenvalue weighted by Crippen LogP contribution is 2.34. The second-order valence-corrected chi connectivity index (χ2v) is 24.1. The largest absolute Gasteiger partial charge is 0.469 e. The number of benzene rings is 6. The highest BCUT2D eigenvalue weighted by Gasteiger charge is 2.31. The van der Waals surface area contributed by atoms with E-state index in [-0.39, 0.29) is 35.7 Å². The molecule has 0 amide bonds. The highest BCUT2D eigenvalue weighted by molar-refractivity contribution is 5.90. The van der Waals surface area contributed by atoms with Gasteiger partial charge in [0.05, 0.1) is 37.6 Å². The van der Waals surface area contributed by atoms with Crippen molar-refractivity contribution in [3.8, 4) is 17.2 Å². The quantitative estimate of drug-likeness (QED) is 0.0245. The van der Waals surface area contributed by atoms with Crippen LogP contribution in [0.3, 0.4) is 0 Å². The van der Waals surface area contributed by atoms with Gasteiger partial charge >= 0.3 is 35.8 Å². The SMILES string of the molecule is COC(=O)C(C)(C)CCC(C)c1ccc(OC(=O)/C=C/c2ccc(C)cc2)cc1.COC(=O)C(C)(C)CCC(C)c1ccc(OC(=O)/C=C/c2ccc(C)cc2)cc1.COC(=O)C(C)(C)CCC(C)c1ccc(OC(=O)/C=C/c2ccc(C)cc2)cc1. The van der Waals surface area contributed by atoms with Crippen molar-refractivity contribution in [2.24, 2.45) is 16.2 Å². The minimum Gasteiger partial charge on any atom is -0.469 e. The van der Waals surface area contributed by atoms with Gasteiger partial charge in [0.25, 0.3) is 0 Å². The zero-order valence-electron chi connectivity index (χ0n) is 53.7. The summed E-state index contributed by atoms with van der Waals surface area (Å²) < 4.78 is 30.7. The maximum atomic E-state index is 12.0. The van der Waals surface area contributed by atoms with Crippen molar-refractivity contribution in [2.45, 2.75) is 139 Å². The van der Waals surface area contributed by atoms with Gasteiger partial charge in [0, 0.05) is 18.2 Å². The lowest BCUT2D eigenvalue weighted by Crippen LogP contribution is -2.25. The minimum atomic E-state index is -0.498. The summed E-state index contributed by atoms with van der Waals surface area (Å²) in [6, 6.07) is 46.3. The molecular weight excluding hydrogens is 1090 g/mol. The van der Waals surface area contributed by atoms with E-state index in [2.05, 4.69) is 20.8 Å². The number of ether oxygens (including phenoxy) is 6. The van der Waals surface area contributed by atoms with E-state index >= 15 is 0 Å². The Labute approximate surface area is 517 Å². The van der Waals surface area contributed by atoms with Gasteiger partial charge in [-0.1, -0.05) is 147 Å². The van der Waals surface area contributed by atoms with Crippen molar-refractivity contribution < 1.29 is 57.2 Å². The molecular formula is C75H90O12. The van der Waals surface area contributed by atoms with E-state index in [1.165, 1.54) is 56.2 Å². The van der Waals surface area contributed by atoms with Crippen molar-refractivity contribution in [3.05, 3.63) is 214 Å². The van der Waals surface area contributed by atoms with Crippen LogP contribution in [0.1, 0.15) is 169 Å². The maximum Gasteiger partial charge on any atom is 0.336 e. The van der Waals surface area contributed by atoms with Gasteiger partial charge in [-0.3, -0.25) is 14.4 Å². The van der Waals surface area contributed by atoms with E-state index in [1.807, 2.05) is 172 Å². The molecule has 6 rings (SSSR count). The predicted molar refractivity (Wildman–Crippen MR) is 347 cm³/mol. The van der Waals surface area contributed by atoms with E-state index in [9.17, 15) is 28.8 Å². The van der Waals surface area contributed by atoms with Gasteiger partial charge in [-0.05, 0) is 207 Å².